The molecule has 1 N–H and O–H groups in total. The number of ether oxygens (including phenoxy) is 1. The van der Waals surface area contributed by atoms with Crippen molar-refractivity contribution in [3.8, 4) is 11.4 Å². The van der Waals surface area contributed by atoms with Gasteiger partial charge in [-0.05, 0) is 13.8 Å². The summed E-state index contributed by atoms with van der Waals surface area (Å²) in [5, 5.41) is 2.71. The Balaban J connectivity index is 2.54. The summed E-state index contributed by atoms with van der Waals surface area (Å²) >= 11 is 0. The first-order chi connectivity index (χ1) is 11.4. The van der Waals surface area contributed by atoms with Crippen molar-refractivity contribution in [3.63, 3.8) is 0 Å². The summed E-state index contributed by atoms with van der Waals surface area (Å²) in [6.07, 6.45) is 0. The summed E-state index contributed by atoms with van der Waals surface area (Å²) in [4.78, 5) is 33.1. The lowest BCUT2D eigenvalue weighted by Crippen LogP contribution is -2.22. The van der Waals surface area contributed by atoms with Crippen LogP contribution in [0.3, 0.4) is 0 Å². The normalized spacial score (nSPS) is 10.5. The van der Waals surface area contributed by atoms with Crippen LogP contribution in [-0.4, -0.2) is 28.5 Å². The number of hydrogen-bond donors (Lipinski definition) is 1. The Kier molecular flexibility index (Phi) is 5.63. The summed E-state index contributed by atoms with van der Waals surface area (Å²) in [6.45, 7) is 7.19. The Bertz CT molecular complexity index is 743. The third-order valence-electron chi connectivity index (χ3n) is 3.37. The van der Waals surface area contributed by atoms with Gasteiger partial charge in [0.15, 0.2) is 11.6 Å². The molecule has 0 atom stereocenters. The van der Waals surface area contributed by atoms with Crippen LogP contribution in [0.1, 0.15) is 36.8 Å². The summed E-state index contributed by atoms with van der Waals surface area (Å²) in [5.41, 5.74) is 1.45. The molecular formula is C18H21N3O3. The van der Waals surface area contributed by atoms with E-state index in [1.807, 2.05) is 30.3 Å². The van der Waals surface area contributed by atoms with Gasteiger partial charge in [0.2, 0.25) is 5.91 Å². The minimum absolute atomic E-state index is 0.179. The van der Waals surface area contributed by atoms with Crippen LogP contribution in [0.4, 0.5) is 5.82 Å². The molecule has 0 aliphatic carbocycles. The fraction of sp³-hybridized carbons (Fsp3) is 0.333. The first kappa shape index (κ1) is 17.6. The van der Waals surface area contributed by atoms with Gasteiger partial charge < -0.3 is 10.1 Å². The van der Waals surface area contributed by atoms with Gasteiger partial charge in [-0.3, -0.25) is 4.79 Å². The average Bonchev–Trinajstić information content (AvgIpc) is 2.55. The number of esters is 1. The third kappa shape index (κ3) is 3.95. The number of rotatable bonds is 5. The molecule has 1 aromatic carbocycles. The Hall–Kier alpha value is -2.76. The van der Waals surface area contributed by atoms with Crippen LogP contribution in [-0.2, 0) is 9.53 Å². The van der Waals surface area contributed by atoms with E-state index in [9.17, 15) is 9.59 Å². The summed E-state index contributed by atoms with van der Waals surface area (Å²) in [6, 6.07) is 9.38. The molecule has 0 aliphatic heterocycles. The van der Waals surface area contributed by atoms with Gasteiger partial charge >= 0.3 is 5.97 Å². The maximum atomic E-state index is 12.2. The molecule has 1 amide bonds. The molecule has 0 radical (unpaired) electrons. The van der Waals surface area contributed by atoms with Crippen molar-refractivity contribution in [1.82, 2.24) is 9.97 Å². The van der Waals surface area contributed by atoms with E-state index >= 15 is 0 Å². The molecular weight excluding hydrogens is 306 g/mol. The molecule has 1 aromatic heterocycles. The lowest BCUT2D eigenvalue weighted by Gasteiger charge is -2.14. The van der Waals surface area contributed by atoms with Gasteiger partial charge in [0.1, 0.15) is 5.56 Å². The first-order valence-electron chi connectivity index (χ1n) is 7.86. The Morgan fingerprint density at radius 3 is 2.42 bits per heavy atom. The third-order valence-corrected chi connectivity index (χ3v) is 3.37. The predicted molar refractivity (Wildman–Crippen MR) is 91.6 cm³/mol. The lowest BCUT2D eigenvalue weighted by molar-refractivity contribution is -0.118. The van der Waals surface area contributed by atoms with Gasteiger partial charge in [0, 0.05) is 11.5 Å². The number of nitrogens with one attached hydrogen (secondary N) is 1. The summed E-state index contributed by atoms with van der Waals surface area (Å²) < 4.78 is 5.07. The van der Waals surface area contributed by atoms with Crippen LogP contribution < -0.4 is 5.32 Å². The monoisotopic (exact) mass is 327 g/mol. The Morgan fingerprint density at radius 1 is 1.17 bits per heavy atom. The molecule has 0 bridgehead atoms. The number of hydrogen-bond acceptors (Lipinski definition) is 5. The van der Waals surface area contributed by atoms with Gasteiger partial charge in [-0.2, -0.15) is 0 Å². The maximum Gasteiger partial charge on any atom is 0.343 e. The van der Waals surface area contributed by atoms with E-state index in [-0.39, 0.29) is 29.8 Å². The number of aryl methyl sites for hydroxylation is 1. The molecule has 0 spiro atoms. The van der Waals surface area contributed by atoms with Gasteiger partial charge in [-0.1, -0.05) is 44.2 Å². The topological polar surface area (TPSA) is 81.2 Å². The second-order valence-electron chi connectivity index (χ2n) is 5.59. The minimum Gasteiger partial charge on any atom is -0.462 e. The molecule has 126 valence electrons. The number of carbonyl (C=O) groups is 2. The molecule has 2 rings (SSSR count). The van der Waals surface area contributed by atoms with Crippen LogP contribution in [0.2, 0.25) is 0 Å². The van der Waals surface area contributed by atoms with Crippen molar-refractivity contribution in [1.29, 1.82) is 0 Å². The predicted octanol–water partition coefficient (Wildman–Crippen LogP) is 3.22. The van der Waals surface area contributed by atoms with E-state index in [1.54, 1.807) is 27.7 Å². The highest BCUT2D eigenvalue weighted by atomic mass is 16.5. The summed E-state index contributed by atoms with van der Waals surface area (Å²) in [5.74, 6) is -0.388. The highest BCUT2D eigenvalue weighted by Gasteiger charge is 2.22. The minimum atomic E-state index is -0.548. The van der Waals surface area contributed by atoms with Gasteiger partial charge in [0.25, 0.3) is 0 Å². The molecule has 2 aromatic rings. The summed E-state index contributed by atoms with van der Waals surface area (Å²) in [7, 11) is 0. The van der Waals surface area contributed by atoms with Crippen molar-refractivity contribution < 1.29 is 14.3 Å². The largest absolute Gasteiger partial charge is 0.462 e. The number of anilines is 1. The van der Waals surface area contributed by atoms with E-state index in [0.717, 1.165) is 5.56 Å². The Labute approximate surface area is 141 Å². The van der Waals surface area contributed by atoms with Gasteiger partial charge in [-0.15, -0.1) is 0 Å². The van der Waals surface area contributed by atoms with Crippen molar-refractivity contribution in [2.75, 3.05) is 11.9 Å². The number of nitrogens with zero attached hydrogens (tertiary/aromatic N) is 2. The average molecular weight is 327 g/mol. The molecule has 0 unspecified atom stereocenters. The van der Waals surface area contributed by atoms with E-state index in [0.29, 0.717) is 11.5 Å². The number of benzene rings is 1. The number of aromatic nitrogens is 2. The molecule has 0 saturated carbocycles. The van der Waals surface area contributed by atoms with Crippen LogP contribution >= 0.6 is 0 Å². The molecule has 6 heteroatoms. The van der Waals surface area contributed by atoms with E-state index in [4.69, 9.17) is 4.74 Å². The first-order valence-corrected chi connectivity index (χ1v) is 7.86. The molecule has 6 nitrogen and oxygen atoms in total. The maximum absolute atomic E-state index is 12.2. The molecule has 1 heterocycles. The molecule has 0 aliphatic rings. The zero-order valence-electron chi connectivity index (χ0n) is 14.3. The van der Waals surface area contributed by atoms with Crippen molar-refractivity contribution in [3.05, 3.63) is 41.6 Å². The standard InChI is InChI=1S/C18H21N3O3/c1-5-24-18(23)14-12(4)19-15(13-9-7-6-8-10-13)20-16(14)21-17(22)11(2)3/h6-11H,5H2,1-4H3,(H,19,20,21,22). The zero-order chi connectivity index (χ0) is 17.7. The van der Waals surface area contributed by atoms with Crippen molar-refractivity contribution in [2.24, 2.45) is 5.92 Å². The fourth-order valence-electron chi connectivity index (χ4n) is 2.09. The number of amides is 1. The van der Waals surface area contributed by atoms with Crippen molar-refractivity contribution in [2.45, 2.75) is 27.7 Å². The lowest BCUT2D eigenvalue weighted by atomic mass is 10.1. The smallest absolute Gasteiger partial charge is 0.343 e. The second kappa shape index (κ2) is 7.68. The van der Waals surface area contributed by atoms with Crippen molar-refractivity contribution >= 4 is 17.7 Å². The zero-order valence-corrected chi connectivity index (χ0v) is 14.3. The van der Waals surface area contributed by atoms with Crippen LogP contribution in [0, 0.1) is 12.8 Å². The fourth-order valence-corrected chi connectivity index (χ4v) is 2.09. The van der Waals surface area contributed by atoms with Crippen LogP contribution in [0.5, 0.6) is 0 Å². The molecule has 24 heavy (non-hydrogen) atoms. The van der Waals surface area contributed by atoms with Crippen LogP contribution in [0.25, 0.3) is 11.4 Å². The highest BCUT2D eigenvalue weighted by Crippen LogP contribution is 2.23. The van der Waals surface area contributed by atoms with E-state index in [2.05, 4.69) is 15.3 Å². The molecule has 0 saturated heterocycles. The Morgan fingerprint density at radius 2 is 1.83 bits per heavy atom. The quantitative estimate of drug-likeness (QED) is 0.853. The van der Waals surface area contributed by atoms with Gasteiger partial charge in [0.05, 0.1) is 12.3 Å². The highest BCUT2D eigenvalue weighted by molar-refractivity contribution is 6.01. The SMILES string of the molecule is CCOC(=O)c1c(C)nc(-c2ccccc2)nc1NC(=O)C(C)C. The van der Waals surface area contributed by atoms with Crippen LogP contribution in [0.15, 0.2) is 30.3 Å². The molecule has 0 fully saturated rings. The number of carbonyl (C=O) groups excluding carboxylic acids is 2. The second-order valence-corrected chi connectivity index (χ2v) is 5.59. The van der Waals surface area contributed by atoms with E-state index in [1.165, 1.54) is 0 Å². The van der Waals surface area contributed by atoms with E-state index < -0.39 is 5.97 Å². The van der Waals surface area contributed by atoms with Gasteiger partial charge in [-0.25, -0.2) is 14.8 Å².